The van der Waals surface area contributed by atoms with Crippen LogP contribution in [0.2, 0.25) is 0 Å². The van der Waals surface area contributed by atoms with Gasteiger partial charge in [-0.1, -0.05) is 104 Å². The van der Waals surface area contributed by atoms with Crippen LogP contribution in [-0.4, -0.2) is 40.8 Å². The summed E-state index contributed by atoms with van der Waals surface area (Å²) in [7, 11) is -2.59. The van der Waals surface area contributed by atoms with Crippen LogP contribution in [-0.2, 0) is 13.3 Å². The van der Waals surface area contributed by atoms with Crippen molar-refractivity contribution in [2.45, 2.75) is 149 Å². The van der Waals surface area contributed by atoms with E-state index in [0.29, 0.717) is 25.5 Å². The molecule has 0 amide bonds. The molecule has 0 radical (unpaired) electrons. The second-order valence-corrected chi connectivity index (χ2v) is 12.1. The second-order valence-electron chi connectivity index (χ2n) is 9.25. The predicted molar refractivity (Wildman–Crippen MR) is 141 cm³/mol. The van der Waals surface area contributed by atoms with Gasteiger partial charge in [0, 0.05) is 26.2 Å². The van der Waals surface area contributed by atoms with Gasteiger partial charge in [-0.3, -0.25) is 0 Å². The maximum absolute atomic E-state index is 6.11. The summed E-state index contributed by atoms with van der Waals surface area (Å²) in [5.74, 6) is 0. The molecule has 0 saturated heterocycles. The largest absolute Gasteiger partial charge is 1.00 e. The Kier molecular flexibility index (Phi) is 29.0. The van der Waals surface area contributed by atoms with Crippen LogP contribution in [0.4, 0.5) is 0 Å². The Labute approximate surface area is 215 Å². The summed E-state index contributed by atoms with van der Waals surface area (Å²) in [6.45, 7) is 13.8. The van der Waals surface area contributed by atoms with Crippen LogP contribution in [0, 0.1) is 0 Å². The first-order valence-electron chi connectivity index (χ1n) is 14.5. The molecule has 0 aromatic rings. The van der Waals surface area contributed by atoms with Gasteiger partial charge in [-0.15, -0.1) is 0 Å². The highest BCUT2D eigenvalue weighted by Gasteiger charge is 2.51. The molecule has 0 heterocycles. The summed E-state index contributed by atoms with van der Waals surface area (Å²) in [5.41, 5.74) is 0.318. The quantitative estimate of drug-likeness (QED) is 0.140. The molecule has 2 N–H and O–H groups in total. The van der Waals surface area contributed by atoms with Crippen LogP contribution in [0.25, 0.3) is 0 Å². The average molecular weight is 510 g/mol. The highest BCUT2D eigenvalue weighted by atomic mass is 35.5. The van der Waals surface area contributed by atoms with Crippen molar-refractivity contribution in [1.29, 1.82) is 0 Å². The van der Waals surface area contributed by atoms with E-state index in [1.165, 1.54) is 103 Å². The first-order chi connectivity index (χ1) is 15.7. The van der Waals surface area contributed by atoms with E-state index in [4.69, 9.17) is 13.3 Å². The summed E-state index contributed by atoms with van der Waals surface area (Å²) in [6.07, 6.45) is 23.7. The van der Waals surface area contributed by atoms with Gasteiger partial charge >= 0.3 is 8.80 Å². The lowest BCUT2D eigenvalue weighted by molar-refractivity contribution is -0.678. The Bertz CT molecular complexity index is 360. The number of rotatable bonds is 26. The highest BCUT2D eigenvalue weighted by molar-refractivity contribution is 6.62. The number of nitrogens with two attached hydrogens (primary N) is 1. The molecule has 0 rings (SSSR count). The Balaban J connectivity index is 0. The third-order valence-corrected chi connectivity index (χ3v) is 10.1. The molecule has 0 aliphatic heterocycles. The van der Waals surface area contributed by atoms with Crippen molar-refractivity contribution in [3.8, 4) is 0 Å². The number of halogens is 1. The molecule has 0 aliphatic rings. The number of hydrogen-bond donors (Lipinski definition) is 1. The van der Waals surface area contributed by atoms with Gasteiger partial charge in [0.1, 0.15) is 0 Å². The molecule has 33 heavy (non-hydrogen) atoms. The van der Waals surface area contributed by atoms with Crippen LogP contribution >= 0.6 is 0 Å². The summed E-state index contributed by atoms with van der Waals surface area (Å²) < 4.78 is 18.3. The van der Waals surface area contributed by atoms with Crippen LogP contribution in [0.1, 0.15) is 144 Å². The molecule has 202 valence electrons. The maximum atomic E-state index is 6.11. The van der Waals surface area contributed by atoms with E-state index in [1.807, 2.05) is 20.8 Å². The molecule has 0 spiro atoms. The highest BCUT2D eigenvalue weighted by Crippen LogP contribution is 2.16. The lowest BCUT2D eigenvalue weighted by atomic mass is 10.0. The van der Waals surface area contributed by atoms with E-state index < -0.39 is 8.80 Å². The Morgan fingerprint density at radius 1 is 0.515 bits per heavy atom. The van der Waals surface area contributed by atoms with Crippen molar-refractivity contribution in [1.82, 2.24) is 0 Å². The SMILES string of the molecule is CCCCCCCCCCCCCCCCCC[NH2+]C(CC)[Si](OCC)(OCC)OCC.[Cl-]. The van der Waals surface area contributed by atoms with E-state index in [0.717, 1.165) is 13.0 Å². The van der Waals surface area contributed by atoms with E-state index in [9.17, 15) is 0 Å². The molecular formula is C27H60ClNO3Si. The van der Waals surface area contributed by atoms with Crippen molar-refractivity contribution < 1.29 is 31.0 Å². The molecule has 1 atom stereocenters. The topological polar surface area (TPSA) is 44.3 Å². The average Bonchev–Trinajstić information content (AvgIpc) is 2.79. The van der Waals surface area contributed by atoms with Gasteiger partial charge in [-0.25, -0.2) is 0 Å². The van der Waals surface area contributed by atoms with Gasteiger partial charge in [0.25, 0.3) is 0 Å². The molecule has 1 unspecified atom stereocenters. The standard InChI is InChI=1S/C27H59NO3Si.ClH/c1-6-11-12-13-14-15-16-17-18-19-20-21-22-23-24-25-26-28-27(7-2)32(29-8-3,30-9-4)31-10-5;/h27-28H,6-26H2,1-5H3;1H. The third-order valence-electron chi connectivity index (χ3n) is 6.44. The van der Waals surface area contributed by atoms with Crippen molar-refractivity contribution >= 4 is 8.80 Å². The minimum absolute atomic E-state index is 0. The van der Waals surface area contributed by atoms with Crippen molar-refractivity contribution in [2.24, 2.45) is 0 Å². The Hall–Kier alpha value is 0.347. The van der Waals surface area contributed by atoms with Gasteiger partial charge in [0.05, 0.1) is 6.54 Å². The lowest BCUT2D eigenvalue weighted by Gasteiger charge is -2.32. The maximum Gasteiger partial charge on any atom is 0.562 e. The number of quaternary nitrogens is 1. The van der Waals surface area contributed by atoms with Crippen molar-refractivity contribution in [3.05, 3.63) is 0 Å². The molecule has 6 heteroatoms. The Morgan fingerprint density at radius 3 is 1.15 bits per heavy atom. The zero-order chi connectivity index (χ0) is 23.8. The van der Waals surface area contributed by atoms with Gasteiger partial charge in [-0.05, 0) is 33.6 Å². The smallest absolute Gasteiger partial charge is 0.562 e. The van der Waals surface area contributed by atoms with E-state index >= 15 is 0 Å². The monoisotopic (exact) mass is 509 g/mol. The van der Waals surface area contributed by atoms with Gasteiger partial charge in [-0.2, -0.15) is 0 Å². The van der Waals surface area contributed by atoms with Gasteiger partial charge in [0.15, 0.2) is 5.67 Å². The van der Waals surface area contributed by atoms with Crippen LogP contribution < -0.4 is 17.7 Å². The lowest BCUT2D eigenvalue weighted by Crippen LogP contribution is -3.00. The van der Waals surface area contributed by atoms with E-state index in [1.54, 1.807) is 0 Å². The molecule has 0 aromatic heterocycles. The predicted octanol–water partition coefficient (Wildman–Crippen LogP) is 4.18. The fraction of sp³-hybridized carbons (Fsp3) is 1.00. The van der Waals surface area contributed by atoms with Crippen molar-refractivity contribution in [3.63, 3.8) is 0 Å². The van der Waals surface area contributed by atoms with Crippen LogP contribution in [0.15, 0.2) is 0 Å². The van der Waals surface area contributed by atoms with Gasteiger partial charge in [0.2, 0.25) is 0 Å². The molecule has 0 fully saturated rings. The number of unbranched alkanes of at least 4 members (excludes halogenated alkanes) is 15. The summed E-state index contributed by atoms with van der Waals surface area (Å²) in [5, 5.41) is 2.44. The summed E-state index contributed by atoms with van der Waals surface area (Å²) in [6, 6.07) is 0. The third kappa shape index (κ3) is 19.2. The summed E-state index contributed by atoms with van der Waals surface area (Å²) in [4.78, 5) is 0. The summed E-state index contributed by atoms with van der Waals surface area (Å²) >= 11 is 0. The molecule has 0 aromatic carbocycles. The minimum atomic E-state index is -2.59. The molecule has 0 saturated carbocycles. The van der Waals surface area contributed by atoms with Gasteiger partial charge < -0.3 is 31.0 Å². The fourth-order valence-electron chi connectivity index (χ4n) is 4.62. The fourth-order valence-corrected chi connectivity index (χ4v) is 7.68. The van der Waals surface area contributed by atoms with Crippen LogP contribution in [0.3, 0.4) is 0 Å². The first kappa shape index (κ1) is 35.5. The molecular weight excluding hydrogens is 450 g/mol. The van der Waals surface area contributed by atoms with Crippen molar-refractivity contribution in [2.75, 3.05) is 26.4 Å². The minimum Gasteiger partial charge on any atom is -1.00 e. The molecule has 0 aliphatic carbocycles. The zero-order valence-corrected chi connectivity index (χ0v) is 24.9. The van der Waals surface area contributed by atoms with Crippen LogP contribution in [0.5, 0.6) is 0 Å². The first-order valence-corrected chi connectivity index (χ1v) is 16.3. The molecule has 4 nitrogen and oxygen atoms in total. The second kappa shape index (κ2) is 26.9. The Morgan fingerprint density at radius 2 is 0.848 bits per heavy atom. The zero-order valence-electron chi connectivity index (χ0n) is 23.1. The normalized spacial score (nSPS) is 12.6. The van der Waals surface area contributed by atoms with E-state index in [2.05, 4.69) is 19.2 Å². The molecule has 0 bridgehead atoms. The van der Waals surface area contributed by atoms with E-state index in [-0.39, 0.29) is 12.4 Å². The number of hydrogen-bond acceptors (Lipinski definition) is 3.